The van der Waals surface area contributed by atoms with Crippen molar-refractivity contribution in [2.24, 2.45) is 0 Å². The van der Waals surface area contributed by atoms with E-state index in [0.29, 0.717) is 0 Å². The number of allylic oxidation sites excluding steroid dienone is 1. The second kappa shape index (κ2) is 3.51. The largest absolute Gasteiger partial charge is 0.364 e. The second-order valence-corrected chi connectivity index (χ2v) is 2.66. The molecule has 0 N–H and O–H groups in total. The molecule has 0 heterocycles. The first-order valence-corrected chi connectivity index (χ1v) is 3.64. The number of ether oxygens (including phenoxy) is 1. The summed E-state index contributed by atoms with van der Waals surface area (Å²) in [5.41, 5.74) is 2.78. The van der Waals surface area contributed by atoms with E-state index in [-0.39, 0.29) is 11.9 Å². The van der Waals surface area contributed by atoms with Gasteiger partial charge in [0, 0.05) is 0 Å². The van der Waals surface area contributed by atoms with Gasteiger partial charge in [0.1, 0.15) is 11.9 Å². The third-order valence-corrected chi connectivity index (χ3v) is 1.28. The fraction of sp³-hybridized carbons (Fsp3) is 0.444. The normalized spacial score (nSPS) is 22.5. The number of hydrogen-bond donors (Lipinski definition) is 0. The minimum atomic E-state index is -0.528. The third-order valence-electron chi connectivity index (χ3n) is 1.28. The quantitative estimate of drug-likeness (QED) is 0.555. The van der Waals surface area contributed by atoms with Gasteiger partial charge in [-0.15, -0.1) is 5.73 Å². The van der Waals surface area contributed by atoms with Gasteiger partial charge in [0.25, 0.3) is 0 Å². The molecule has 1 unspecified atom stereocenters. The predicted molar refractivity (Wildman–Crippen MR) is 41.9 cm³/mol. The smallest absolute Gasteiger partial charge is 0.135 e. The first-order valence-electron chi connectivity index (χ1n) is 3.64. The first kappa shape index (κ1) is 8.25. The number of halogens is 1. The third kappa shape index (κ3) is 2.34. The maximum atomic E-state index is 12.8. The molecule has 0 aromatic heterocycles. The van der Waals surface area contributed by atoms with Crippen molar-refractivity contribution in [1.82, 2.24) is 0 Å². The van der Waals surface area contributed by atoms with Gasteiger partial charge in [-0.1, -0.05) is 0 Å². The van der Waals surface area contributed by atoms with Crippen LogP contribution < -0.4 is 0 Å². The summed E-state index contributed by atoms with van der Waals surface area (Å²) < 4.78 is 18.1. The Hall–Kier alpha value is -0.850. The molecule has 11 heavy (non-hydrogen) atoms. The van der Waals surface area contributed by atoms with Gasteiger partial charge >= 0.3 is 0 Å². The van der Waals surface area contributed by atoms with Crippen molar-refractivity contribution in [3.05, 3.63) is 29.8 Å². The Bertz CT molecular complexity index is 222. The van der Waals surface area contributed by atoms with Crippen LogP contribution in [0.2, 0.25) is 0 Å². The van der Waals surface area contributed by atoms with Gasteiger partial charge in [-0.3, -0.25) is 0 Å². The molecule has 0 aromatic carbocycles. The van der Waals surface area contributed by atoms with E-state index in [4.69, 9.17) is 4.74 Å². The lowest BCUT2D eigenvalue weighted by molar-refractivity contribution is 0.0434. The molecule has 0 saturated heterocycles. The molecule has 1 aliphatic rings. The number of rotatable bonds is 2. The Morgan fingerprint density at radius 3 is 2.91 bits per heavy atom. The zero-order chi connectivity index (χ0) is 8.27. The molecule has 0 saturated carbocycles. The zero-order valence-electron chi connectivity index (χ0n) is 6.67. The van der Waals surface area contributed by atoms with Gasteiger partial charge in [-0.25, -0.2) is 4.39 Å². The Morgan fingerprint density at radius 1 is 1.64 bits per heavy atom. The molecule has 1 aliphatic carbocycles. The van der Waals surface area contributed by atoms with Crippen LogP contribution in [-0.4, -0.2) is 12.2 Å². The summed E-state index contributed by atoms with van der Waals surface area (Å²) in [7, 11) is 0. The molecule has 0 bridgehead atoms. The van der Waals surface area contributed by atoms with Crippen LogP contribution in [-0.2, 0) is 4.74 Å². The summed E-state index contributed by atoms with van der Waals surface area (Å²) in [6.07, 6.45) is 3.99. The zero-order valence-corrected chi connectivity index (χ0v) is 6.67. The standard InChI is InChI=1S/C9H11FO/c1-7(2)11-9-6-4-3-5-8(9)10/h3,5-7,9H,1-2H3. The molecule has 0 radical (unpaired) electrons. The predicted octanol–water partition coefficient (Wildman–Crippen LogP) is 2.36. The molecule has 0 aromatic rings. The van der Waals surface area contributed by atoms with Crippen LogP contribution in [0.5, 0.6) is 0 Å². The molecule has 60 valence electrons. The van der Waals surface area contributed by atoms with E-state index >= 15 is 0 Å². The van der Waals surface area contributed by atoms with Crippen molar-refractivity contribution in [2.75, 3.05) is 0 Å². The minimum absolute atomic E-state index is 0.0373. The molecule has 1 atom stereocenters. The summed E-state index contributed by atoms with van der Waals surface area (Å²) in [6.45, 7) is 3.75. The van der Waals surface area contributed by atoms with Crippen molar-refractivity contribution < 1.29 is 9.13 Å². The minimum Gasteiger partial charge on any atom is -0.364 e. The summed E-state index contributed by atoms with van der Waals surface area (Å²) >= 11 is 0. The fourth-order valence-electron chi connectivity index (χ4n) is 0.843. The van der Waals surface area contributed by atoms with E-state index in [2.05, 4.69) is 5.73 Å². The topological polar surface area (TPSA) is 9.23 Å². The van der Waals surface area contributed by atoms with E-state index in [9.17, 15) is 4.39 Å². The molecule has 2 heteroatoms. The van der Waals surface area contributed by atoms with Crippen LogP contribution >= 0.6 is 0 Å². The maximum Gasteiger partial charge on any atom is 0.135 e. The lowest BCUT2D eigenvalue weighted by Crippen LogP contribution is -2.16. The van der Waals surface area contributed by atoms with Crippen molar-refractivity contribution in [3.8, 4) is 0 Å². The lowest BCUT2D eigenvalue weighted by Gasteiger charge is -2.15. The van der Waals surface area contributed by atoms with E-state index in [1.54, 1.807) is 6.08 Å². The summed E-state index contributed by atoms with van der Waals surface area (Å²) in [5, 5.41) is 0. The van der Waals surface area contributed by atoms with Gasteiger partial charge in [-0.2, -0.15) is 0 Å². The van der Waals surface area contributed by atoms with E-state index in [1.165, 1.54) is 12.2 Å². The van der Waals surface area contributed by atoms with E-state index in [0.717, 1.165) is 0 Å². The van der Waals surface area contributed by atoms with Crippen molar-refractivity contribution in [3.63, 3.8) is 0 Å². The van der Waals surface area contributed by atoms with E-state index < -0.39 is 6.10 Å². The highest BCUT2D eigenvalue weighted by Gasteiger charge is 2.13. The molecule has 0 amide bonds. The average Bonchev–Trinajstić information content (AvgIpc) is 1.93. The average molecular weight is 154 g/mol. The molecule has 1 rings (SSSR count). The second-order valence-electron chi connectivity index (χ2n) is 2.66. The Kier molecular flexibility index (Phi) is 2.64. The fourth-order valence-corrected chi connectivity index (χ4v) is 0.843. The monoisotopic (exact) mass is 154 g/mol. The molecular weight excluding hydrogens is 143 g/mol. The van der Waals surface area contributed by atoms with Gasteiger partial charge in [0.15, 0.2) is 0 Å². The van der Waals surface area contributed by atoms with Gasteiger partial charge < -0.3 is 4.74 Å². The molecule has 0 aliphatic heterocycles. The molecule has 1 nitrogen and oxygen atoms in total. The molecular formula is C9H11FO. The van der Waals surface area contributed by atoms with Crippen LogP contribution in [0.3, 0.4) is 0 Å². The Balaban J connectivity index is 2.59. The Labute approximate surface area is 65.9 Å². The van der Waals surface area contributed by atoms with E-state index in [1.807, 2.05) is 13.8 Å². The van der Waals surface area contributed by atoms with Crippen LogP contribution in [0.4, 0.5) is 4.39 Å². The van der Waals surface area contributed by atoms with Crippen molar-refractivity contribution >= 4 is 0 Å². The van der Waals surface area contributed by atoms with Crippen LogP contribution in [0.25, 0.3) is 0 Å². The molecule has 0 spiro atoms. The Morgan fingerprint density at radius 2 is 2.36 bits per heavy atom. The van der Waals surface area contributed by atoms with Crippen LogP contribution in [0.15, 0.2) is 29.8 Å². The van der Waals surface area contributed by atoms with Crippen molar-refractivity contribution in [2.45, 2.75) is 26.1 Å². The van der Waals surface area contributed by atoms with Crippen LogP contribution in [0.1, 0.15) is 13.8 Å². The highest BCUT2D eigenvalue weighted by Crippen LogP contribution is 2.14. The van der Waals surface area contributed by atoms with Gasteiger partial charge in [-0.05, 0) is 32.1 Å². The molecule has 0 fully saturated rings. The SMILES string of the molecule is CC(C)OC1C=C=CC=C1F. The van der Waals surface area contributed by atoms with Gasteiger partial charge in [0.05, 0.1) is 6.10 Å². The lowest BCUT2D eigenvalue weighted by atomic mass is 10.2. The summed E-state index contributed by atoms with van der Waals surface area (Å²) in [6, 6.07) is 0. The van der Waals surface area contributed by atoms with Crippen LogP contribution in [0, 0.1) is 0 Å². The van der Waals surface area contributed by atoms with Gasteiger partial charge in [0.2, 0.25) is 0 Å². The first-order chi connectivity index (χ1) is 5.20. The highest BCUT2D eigenvalue weighted by atomic mass is 19.1. The maximum absolute atomic E-state index is 12.8. The summed E-state index contributed by atoms with van der Waals surface area (Å²) in [4.78, 5) is 0. The summed E-state index contributed by atoms with van der Waals surface area (Å²) in [5.74, 6) is -0.252. The number of hydrogen-bond acceptors (Lipinski definition) is 1. The van der Waals surface area contributed by atoms with Crippen molar-refractivity contribution in [1.29, 1.82) is 0 Å². The highest BCUT2D eigenvalue weighted by molar-refractivity contribution is 5.20.